The van der Waals surface area contributed by atoms with Crippen LogP contribution in [-0.2, 0) is 8.85 Å². The van der Waals surface area contributed by atoms with Crippen molar-refractivity contribution in [1.29, 1.82) is 0 Å². The number of rotatable bonds is 7. The first-order valence-electron chi connectivity index (χ1n) is 9.64. The molecule has 0 aliphatic heterocycles. The molecule has 148 valence electrons. The van der Waals surface area contributed by atoms with Crippen molar-refractivity contribution in [2.24, 2.45) is 11.8 Å². The highest BCUT2D eigenvalue weighted by Crippen LogP contribution is 2.41. The van der Waals surface area contributed by atoms with Gasteiger partial charge in [-0.15, -0.1) is 0 Å². The summed E-state index contributed by atoms with van der Waals surface area (Å²) in [4.78, 5) is 0. The zero-order valence-corrected chi connectivity index (χ0v) is 21.8. The first-order valence-corrected chi connectivity index (χ1v) is 16.6. The Bertz CT molecular complexity index is 473. The van der Waals surface area contributed by atoms with Gasteiger partial charge in [0.25, 0.3) is 0 Å². The summed E-state index contributed by atoms with van der Waals surface area (Å²) in [7, 11) is -3.39. The van der Waals surface area contributed by atoms with E-state index in [0.29, 0.717) is 11.8 Å². The highest BCUT2D eigenvalue weighted by Gasteiger charge is 2.41. The van der Waals surface area contributed by atoms with Crippen molar-refractivity contribution in [3.63, 3.8) is 0 Å². The lowest BCUT2D eigenvalue weighted by molar-refractivity contribution is 0.160. The summed E-state index contributed by atoms with van der Waals surface area (Å²) in [5, 5.41) is 1.51. The van der Waals surface area contributed by atoms with E-state index in [4.69, 9.17) is 8.85 Å². The van der Waals surface area contributed by atoms with Gasteiger partial charge in [0.05, 0.1) is 0 Å². The fourth-order valence-corrected chi connectivity index (χ4v) is 5.04. The Kier molecular flexibility index (Phi) is 7.84. The van der Waals surface area contributed by atoms with Crippen LogP contribution in [0.4, 0.5) is 0 Å². The van der Waals surface area contributed by atoms with Gasteiger partial charge in [-0.05, 0) is 48.6 Å². The van der Waals surface area contributed by atoms with E-state index in [1.54, 1.807) is 0 Å². The Morgan fingerprint density at radius 1 is 0.920 bits per heavy atom. The van der Waals surface area contributed by atoms with Crippen molar-refractivity contribution in [2.45, 2.75) is 84.2 Å². The van der Waals surface area contributed by atoms with Crippen LogP contribution in [0, 0.1) is 11.8 Å². The largest absolute Gasteiger partial charge is 0.417 e. The Balaban J connectivity index is 2.74. The molecule has 0 heterocycles. The molecule has 1 rings (SSSR count). The van der Waals surface area contributed by atoms with E-state index in [9.17, 15) is 0 Å². The topological polar surface area (TPSA) is 18.5 Å². The molecule has 2 atom stereocenters. The van der Waals surface area contributed by atoms with Gasteiger partial charge in [0.2, 0.25) is 0 Å². The molecule has 0 bridgehead atoms. The molecule has 0 spiro atoms. The van der Waals surface area contributed by atoms with Crippen molar-refractivity contribution in [3.05, 3.63) is 11.6 Å². The third kappa shape index (κ3) is 6.30. The lowest BCUT2D eigenvalue weighted by Gasteiger charge is -2.39. The second-order valence-electron chi connectivity index (χ2n) is 10.7. The summed E-state index contributed by atoms with van der Waals surface area (Å²) in [5.41, 5.74) is 1.51. The van der Waals surface area contributed by atoms with Crippen LogP contribution in [0.1, 0.15) is 48.0 Å². The molecule has 0 radical (unpaired) electrons. The lowest BCUT2D eigenvalue weighted by Crippen LogP contribution is -2.44. The molecule has 0 N–H and O–H groups in total. The quantitative estimate of drug-likeness (QED) is 0.237. The number of halogens is 1. The average molecular weight is 450 g/mol. The zero-order valence-electron chi connectivity index (χ0n) is 18.3. The van der Waals surface area contributed by atoms with Crippen molar-refractivity contribution >= 4 is 32.6 Å². The van der Waals surface area contributed by atoms with Crippen LogP contribution in [0.3, 0.4) is 0 Å². The average Bonchev–Trinajstić information content (AvgIpc) is 2.83. The predicted molar refractivity (Wildman–Crippen MR) is 120 cm³/mol. The Labute approximate surface area is 167 Å². The number of allylic oxidation sites excluding steroid dienone is 1. The van der Waals surface area contributed by atoms with Crippen LogP contribution >= 0.6 is 15.9 Å². The van der Waals surface area contributed by atoms with Gasteiger partial charge in [-0.1, -0.05) is 69.1 Å². The predicted octanol–water partition coefficient (Wildman–Crippen LogP) is 6.99. The number of hydrogen-bond acceptors (Lipinski definition) is 2. The van der Waals surface area contributed by atoms with Crippen molar-refractivity contribution in [2.75, 3.05) is 18.5 Å². The second kappa shape index (κ2) is 8.30. The summed E-state index contributed by atoms with van der Waals surface area (Å²) in [6.45, 7) is 25.0. The van der Waals surface area contributed by atoms with E-state index in [1.807, 2.05) is 0 Å². The number of alkyl halides is 1. The second-order valence-corrected chi connectivity index (χ2v) is 20.9. The highest BCUT2D eigenvalue weighted by atomic mass is 79.9. The van der Waals surface area contributed by atoms with Crippen molar-refractivity contribution < 1.29 is 8.85 Å². The van der Waals surface area contributed by atoms with Crippen LogP contribution in [0.15, 0.2) is 11.6 Å². The Morgan fingerprint density at radius 3 is 1.76 bits per heavy atom. The summed E-state index contributed by atoms with van der Waals surface area (Å²) >= 11 is 3.64. The maximum Gasteiger partial charge on any atom is 0.192 e. The van der Waals surface area contributed by atoms with Gasteiger partial charge in [-0.2, -0.15) is 0 Å². The van der Waals surface area contributed by atoms with E-state index >= 15 is 0 Å². The summed E-state index contributed by atoms with van der Waals surface area (Å²) in [6.07, 6.45) is 3.59. The first-order chi connectivity index (χ1) is 11.1. The molecular weight excluding hydrogens is 408 g/mol. The molecule has 1 aliphatic rings. The van der Waals surface area contributed by atoms with Gasteiger partial charge >= 0.3 is 0 Å². The zero-order chi connectivity index (χ0) is 19.7. The maximum absolute atomic E-state index is 6.55. The normalized spacial score (nSPS) is 23.1. The molecule has 5 heteroatoms. The van der Waals surface area contributed by atoms with Crippen molar-refractivity contribution in [1.82, 2.24) is 0 Å². The van der Waals surface area contributed by atoms with Gasteiger partial charge in [-0.25, -0.2) is 0 Å². The number of hydrogen-bond donors (Lipinski definition) is 0. The van der Waals surface area contributed by atoms with E-state index < -0.39 is 16.6 Å². The molecule has 0 fully saturated rings. The van der Waals surface area contributed by atoms with Gasteiger partial charge < -0.3 is 8.85 Å². The van der Waals surface area contributed by atoms with Gasteiger partial charge in [0.1, 0.15) is 0 Å². The first kappa shape index (κ1) is 23.6. The molecule has 0 aromatic heterocycles. The maximum atomic E-state index is 6.55. The molecule has 0 amide bonds. The van der Waals surface area contributed by atoms with E-state index in [0.717, 1.165) is 25.0 Å². The molecule has 0 saturated heterocycles. The smallest absolute Gasteiger partial charge is 0.192 e. The van der Waals surface area contributed by atoms with Crippen LogP contribution in [0.25, 0.3) is 0 Å². The third-order valence-electron chi connectivity index (χ3n) is 6.66. The Hall–Kier alpha value is 0.574. The van der Waals surface area contributed by atoms with Crippen LogP contribution in [-0.4, -0.2) is 35.2 Å². The molecular formula is C20H41BrO2Si2. The molecule has 25 heavy (non-hydrogen) atoms. The van der Waals surface area contributed by atoms with Crippen molar-refractivity contribution in [3.8, 4) is 0 Å². The molecule has 1 aliphatic carbocycles. The molecule has 0 aromatic rings. The van der Waals surface area contributed by atoms with Crippen LogP contribution < -0.4 is 0 Å². The van der Waals surface area contributed by atoms with E-state index in [-0.39, 0.29) is 10.1 Å². The summed E-state index contributed by atoms with van der Waals surface area (Å²) < 4.78 is 13.1. The molecule has 2 nitrogen and oxygen atoms in total. The fourth-order valence-electron chi connectivity index (χ4n) is 2.51. The highest BCUT2D eigenvalue weighted by molar-refractivity contribution is 9.09. The van der Waals surface area contributed by atoms with E-state index in [2.05, 4.69) is 89.7 Å². The standard InChI is InChI=1S/C20H41BrO2Si2/c1-19(2,3)24(7,8)22-14-17-11-16(13-21)12-18(17)15-23-25(9,10)20(4,5)6/h11,17-18H,12-15H2,1-10H3. The minimum absolute atomic E-state index is 0.265. The summed E-state index contributed by atoms with van der Waals surface area (Å²) in [6, 6.07) is 0. The summed E-state index contributed by atoms with van der Waals surface area (Å²) in [5.74, 6) is 1.05. The van der Waals surface area contributed by atoms with Gasteiger partial charge in [0, 0.05) is 24.5 Å². The molecule has 2 unspecified atom stereocenters. The van der Waals surface area contributed by atoms with Gasteiger partial charge in [-0.3, -0.25) is 0 Å². The fraction of sp³-hybridized carbons (Fsp3) is 0.900. The molecule has 0 aromatic carbocycles. The SMILES string of the molecule is CC(C)(C)[Si](C)(C)OCC1C=C(CBr)CC1CO[Si](C)(C)C(C)(C)C. The van der Waals surface area contributed by atoms with Crippen LogP contribution in [0.2, 0.25) is 36.3 Å². The molecule has 0 saturated carbocycles. The third-order valence-corrected chi connectivity index (χ3v) is 16.4. The van der Waals surface area contributed by atoms with E-state index in [1.165, 1.54) is 5.57 Å². The van der Waals surface area contributed by atoms with Gasteiger partial charge in [0.15, 0.2) is 16.6 Å². The van der Waals surface area contributed by atoms with Crippen LogP contribution in [0.5, 0.6) is 0 Å². The minimum Gasteiger partial charge on any atom is -0.417 e. The Morgan fingerprint density at radius 2 is 1.36 bits per heavy atom. The lowest BCUT2D eigenvalue weighted by atomic mass is 9.97. The monoisotopic (exact) mass is 448 g/mol. The minimum atomic E-state index is -1.70.